The predicted octanol–water partition coefficient (Wildman–Crippen LogP) is 2.16. The summed E-state index contributed by atoms with van der Waals surface area (Å²) >= 11 is 6.62. The Balaban J connectivity index is 2.12. The average molecular weight is 424 g/mol. The molecule has 0 aliphatic rings. The Hall–Kier alpha value is -0.770. The standard InChI is InChI=1S/C11H12Br2N4O2S/c1-7-4-9(13)10(5-8(7)12)20(18,19)16-3-2-11-14-6-15-17-11/h4-6,16H,2-3H2,1H3,(H,14,15,17). The highest BCUT2D eigenvalue weighted by Gasteiger charge is 2.18. The molecule has 0 radical (unpaired) electrons. The van der Waals surface area contributed by atoms with Crippen LogP contribution in [-0.4, -0.2) is 30.1 Å². The third-order valence-electron chi connectivity index (χ3n) is 2.62. The zero-order valence-corrected chi connectivity index (χ0v) is 14.5. The maximum atomic E-state index is 12.2. The second kappa shape index (κ2) is 6.33. The minimum atomic E-state index is -3.57. The van der Waals surface area contributed by atoms with E-state index in [1.807, 2.05) is 6.92 Å². The van der Waals surface area contributed by atoms with Gasteiger partial charge in [-0.3, -0.25) is 5.10 Å². The third-order valence-corrected chi connectivity index (χ3v) is 5.90. The fourth-order valence-corrected chi connectivity index (χ4v) is 4.27. The molecule has 0 saturated carbocycles. The first-order valence-electron chi connectivity index (χ1n) is 5.69. The van der Waals surface area contributed by atoms with E-state index in [0.29, 0.717) is 16.7 Å². The molecule has 2 aromatic rings. The van der Waals surface area contributed by atoms with Crippen LogP contribution in [0.1, 0.15) is 11.4 Å². The number of nitrogens with one attached hydrogen (secondary N) is 2. The van der Waals surface area contributed by atoms with Crippen LogP contribution in [0.15, 0.2) is 32.3 Å². The number of hydrogen-bond acceptors (Lipinski definition) is 4. The second-order valence-corrected chi connectivity index (χ2v) is 7.56. The van der Waals surface area contributed by atoms with E-state index in [4.69, 9.17) is 0 Å². The van der Waals surface area contributed by atoms with Gasteiger partial charge in [0.15, 0.2) is 0 Å². The van der Waals surface area contributed by atoms with Gasteiger partial charge in [-0.05, 0) is 40.5 Å². The Kier molecular flexibility index (Phi) is 4.95. The summed E-state index contributed by atoms with van der Waals surface area (Å²) in [6.07, 6.45) is 1.83. The lowest BCUT2D eigenvalue weighted by atomic mass is 10.2. The summed E-state index contributed by atoms with van der Waals surface area (Å²) in [5, 5.41) is 6.38. The van der Waals surface area contributed by atoms with E-state index in [9.17, 15) is 8.42 Å². The van der Waals surface area contributed by atoms with Gasteiger partial charge in [-0.15, -0.1) is 0 Å². The van der Waals surface area contributed by atoms with Gasteiger partial charge in [-0.25, -0.2) is 18.1 Å². The van der Waals surface area contributed by atoms with Crippen LogP contribution in [0.2, 0.25) is 0 Å². The van der Waals surface area contributed by atoms with Gasteiger partial charge in [-0.2, -0.15) is 5.10 Å². The van der Waals surface area contributed by atoms with Crippen molar-refractivity contribution in [3.8, 4) is 0 Å². The van der Waals surface area contributed by atoms with Gasteiger partial charge in [0, 0.05) is 21.9 Å². The van der Waals surface area contributed by atoms with Gasteiger partial charge in [0.1, 0.15) is 12.2 Å². The molecule has 20 heavy (non-hydrogen) atoms. The number of rotatable bonds is 5. The summed E-state index contributed by atoms with van der Waals surface area (Å²) in [7, 11) is -3.57. The van der Waals surface area contributed by atoms with Crippen LogP contribution >= 0.6 is 31.9 Å². The number of aromatic amines is 1. The van der Waals surface area contributed by atoms with Gasteiger partial charge in [-0.1, -0.05) is 15.9 Å². The van der Waals surface area contributed by atoms with E-state index in [1.165, 1.54) is 6.33 Å². The van der Waals surface area contributed by atoms with Crippen LogP contribution < -0.4 is 4.72 Å². The monoisotopic (exact) mass is 422 g/mol. The van der Waals surface area contributed by atoms with Gasteiger partial charge in [0.05, 0.1) is 4.90 Å². The molecule has 1 aromatic carbocycles. The number of sulfonamides is 1. The van der Waals surface area contributed by atoms with E-state index in [1.54, 1.807) is 12.1 Å². The lowest BCUT2D eigenvalue weighted by Crippen LogP contribution is -2.26. The van der Waals surface area contributed by atoms with Crippen molar-refractivity contribution in [2.45, 2.75) is 18.2 Å². The Labute approximate surface area is 133 Å². The van der Waals surface area contributed by atoms with Crippen molar-refractivity contribution < 1.29 is 8.42 Å². The van der Waals surface area contributed by atoms with E-state index in [0.717, 1.165) is 10.0 Å². The Morgan fingerprint density at radius 1 is 1.30 bits per heavy atom. The van der Waals surface area contributed by atoms with Crippen LogP contribution in [0.4, 0.5) is 0 Å². The summed E-state index contributed by atoms with van der Waals surface area (Å²) in [5.41, 5.74) is 0.956. The minimum absolute atomic E-state index is 0.201. The number of H-pyrrole nitrogens is 1. The highest BCUT2D eigenvalue weighted by atomic mass is 79.9. The quantitative estimate of drug-likeness (QED) is 0.771. The van der Waals surface area contributed by atoms with Gasteiger partial charge in [0.2, 0.25) is 10.0 Å². The summed E-state index contributed by atoms with van der Waals surface area (Å²) in [6, 6.07) is 3.34. The van der Waals surface area contributed by atoms with Gasteiger partial charge in [0.25, 0.3) is 0 Å². The van der Waals surface area contributed by atoms with Crippen molar-refractivity contribution >= 4 is 41.9 Å². The molecule has 108 valence electrons. The van der Waals surface area contributed by atoms with E-state index in [-0.39, 0.29) is 11.4 Å². The van der Waals surface area contributed by atoms with E-state index < -0.39 is 10.0 Å². The van der Waals surface area contributed by atoms with Gasteiger partial charge < -0.3 is 0 Å². The average Bonchev–Trinajstić information content (AvgIpc) is 2.86. The molecule has 0 bridgehead atoms. The lowest BCUT2D eigenvalue weighted by Gasteiger charge is -2.10. The molecule has 0 aliphatic heterocycles. The summed E-state index contributed by atoms with van der Waals surface area (Å²) < 4.78 is 28.3. The molecule has 1 heterocycles. The van der Waals surface area contributed by atoms with Crippen LogP contribution in [0.3, 0.4) is 0 Å². The molecule has 0 saturated heterocycles. The Morgan fingerprint density at radius 2 is 2.05 bits per heavy atom. The number of halogens is 2. The molecule has 0 aliphatic carbocycles. The third kappa shape index (κ3) is 3.66. The second-order valence-electron chi connectivity index (χ2n) is 4.11. The predicted molar refractivity (Wildman–Crippen MR) is 81.9 cm³/mol. The molecule has 0 fully saturated rings. The first kappa shape index (κ1) is 15.6. The Morgan fingerprint density at radius 3 is 2.70 bits per heavy atom. The summed E-state index contributed by atoms with van der Waals surface area (Å²) in [5.74, 6) is 0.636. The van der Waals surface area contributed by atoms with Crippen molar-refractivity contribution in [1.82, 2.24) is 19.9 Å². The maximum Gasteiger partial charge on any atom is 0.241 e. The number of aromatic nitrogens is 3. The Bertz CT molecular complexity index is 701. The van der Waals surface area contributed by atoms with E-state index in [2.05, 4.69) is 51.8 Å². The number of aryl methyl sites for hydroxylation is 1. The largest absolute Gasteiger partial charge is 0.263 e. The van der Waals surface area contributed by atoms with Crippen molar-refractivity contribution in [2.75, 3.05) is 6.54 Å². The maximum absolute atomic E-state index is 12.2. The fourth-order valence-electron chi connectivity index (χ4n) is 1.57. The van der Waals surface area contributed by atoms with Crippen LogP contribution in [0.25, 0.3) is 0 Å². The highest BCUT2D eigenvalue weighted by molar-refractivity contribution is 9.11. The van der Waals surface area contributed by atoms with Crippen LogP contribution in [0.5, 0.6) is 0 Å². The molecule has 0 unspecified atom stereocenters. The molecule has 6 nitrogen and oxygen atoms in total. The summed E-state index contributed by atoms with van der Waals surface area (Å²) in [4.78, 5) is 4.14. The molecule has 9 heteroatoms. The minimum Gasteiger partial charge on any atom is -0.263 e. The highest BCUT2D eigenvalue weighted by Crippen LogP contribution is 2.28. The molecule has 0 atom stereocenters. The zero-order valence-electron chi connectivity index (χ0n) is 10.5. The SMILES string of the molecule is Cc1cc(Br)c(S(=O)(=O)NCCc2ncn[nH]2)cc1Br. The zero-order chi connectivity index (χ0) is 14.8. The molecule has 2 rings (SSSR count). The van der Waals surface area contributed by atoms with E-state index >= 15 is 0 Å². The smallest absolute Gasteiger partial charge is 0.241 e. The van der Waals surface area contributed by atoms with Crippen LogP contribution in [0, 0.1) is 6.92 Å². The first-order chi connectivity index (χ1) is 9.40. The van der Waals surface area contributed by atoms with Crippen molar-refractivity contribution in [2.24, 2.45) is 0 Å². The number of benzene rings is 1. The molecule has 0 amide bonds. The fraction of sp³-hybridized carbons (Fsp3) is 0.273. The molecular weight excluding hydrogens is 412 g/mol. The normalized spacial score (nSPS) is 11.8. The molecule has 2 N–H and O–H groups in total. The lowest BCUT2D eigenvalue weighted by molar-refractivity contribution is 0.580. The number of nitrogens with zero attached hydrogens (tertiary/aromatic N) is 2. The molecule has 1 aromatic heterocycles. The van der Waals surface area contributed by atoms with Gasteiger partial charge >= 0.3 is 0 Å². The molecule has 0 spiro atoms. The van der Waals surface area contributed by atoms with Crippen LogP contribution in [-0.2, 0) is 16.4 Å². The number of hydrogen-bond donors (Lipinski definition) is 2. The molecular formula is C11H12Br2N4O2S. The first-order valence-corrected chi connectivity index (χ1v) is 8.76. The van der Waals surface area contributed by atoms with Crippen molar-refractivity contribution in [1.29, 1.82) is 0 Å². The summed E-state index contributed by atoms with van der Waals surface area (Å²) in [6.45, 7) is 2.14. The topological polar surface area (TPSA) is 87.7 Å². The van der Waals surface area contributed by atoms with Crippen molar-refractivity contribution in [3.05, 3.63) is 38.8 Å². The van der Waals surface area contributed by atoms with Crippen molar-refractivity contribution in [3.63, 3.8) is 0 Å².